The number of hydrogen-bond acceptors (Lipinski definition) is 5. The summed E-state index contributed by atoms with van der Waals surface area (Å²) in [6.45, 7) is 4.13. The van der Waals surface area contributed by atoms with Gasteiger partial charge in [0, 0.05) is 11.5 Å². The van der Waals surface area contributed by atoms with Gasteiger partial charge in [-0.05, 0) is 6.07 Å². The normalized spacial score (nSPS) is 12.9. The summed E-state index contributed by atoms with van der Waals surface area (Å²) >= 11 is 1.58. The van der Waals surface area contributed by atoms with E-state index in [1.807, 2.05) is 12.1 Å². The molecule has 0 saturated heterocycles. The molecule has 18 heavy (non-hydrogen) atoms. The number of para-hydroxylation sites is 1. The molecule has 0 bridgehead atoms. The van der Waals surface area contributed by atoms with E-state index in [9.17, 15) is 9.90 Å². The first-order valence-electron chi connectivity index (χ1n) is 5.69. The fraction of sp³-hybridized carbons (Fsp3) is 0.385. The molecule has 5 heteroatoms. The van der Waals surface area contributed by atoms with Crippen LogP contribution in [0.3, 0.4) is 0 Å². The van der Waals surface area contributed by atoms with Gasteiger partial charge in [0.2, 0.25) is 0 Å². The van der Waals surface area contributed by atoms with Crippen molar-refractivity contribution in [3.05, 3.63) is 28.8 Å². The number of rotatable bonds is 3. The molecule has 1 aromatic carbocycles. The number of methoxy groups -OCH3 is 1. The Labute approximate surface area is 109 Å². The number of carbonyl (C=O) groups excluding carboxylic acids is 1. The monoisotopic (exact) mass is 265 g/mol. The minimum Gasteiger partial charge on any atom is -0.467 e. The SMILES string of the molecule is COC(=O)C(O)c1cccc2sc(C(C)C)nc12. The number of aliphatic hydroxyl groups excluding tert-OH is 1. The largest absolute Gasteiger partial charge is 0.467 e. The van der Waals surface area contributed by atoms with Crippen molar-refractivity contribution in [3.8, 4) is 0 Å². The predicted octanol–water partition coefficient (Wildman–Crippen LogP) is 2.63. The van der Waals surface area contributed by atoms with Crippen LogP contribution in [0.15, 0.2) is 18.2 Å². The topological polar surface area (TPSA) is 59.4 Å². The number of hydrogen-bond donors (Lipinski definition) is 1. The van der Waals surface area contributed by atoms with Crippen LogP contribution in [-0.2, 0) is 9.53 Å². The fourth-order valence-corrected chi connectivity index (χ4v) is 2.70. The molecule has 0 saturated carbocycles. The third-order valence-electron chi connectivity index (χ3n) is 2.68. The molecule has 0 aliphatic carbocycles. The summed E-state index contributed by atoms with van der Waals surface area (Å²) < 4.78 is 5.53. The Hall–Kier alpha value is -1.46. The molecule has 0 fully saturated rings. The van der Waals surface area contributed by atoms with E-state index in [0.29, 0.717) is 17.0 Å². The van der Waals surface area contributed by atoms with E-state index in [1.165, 1.54) is 7.11 Å². The summed E-state index contributed by atoms with van der Waals surface area (Å²) in [7, 11) is 1.26. The number of nitrogens with zero attached hydrogens (tertiary/aromatic N) is 1. The zero-order chi connectivity index (χ0) is 13.3. The highest BCUT2D eigenvalue weighted by atomic mass is 32.1. The van der Waals surface area contributed by atoms with Gasteiger partial charge in [0.1, 0.15) is 0 Å². The number of ether oxygens (including phenoxy) is 1. The van der Waals surface area contributed by atoms with E-state index in [0.717, 1.165) is 9.71 Å². The van der Waals surface area contributed by atoms with Gasteiger partial charge in [0.05, 0.1) is 22.3 Å². The quantitative estimate of drug-likeness (QED) is 0.867. The van der Waals surface area contributed by atoms with E-state index >= 15 is 0 Å². The lowest BCUT2D eigenvalue weighted by Gasteiger charge is -2.08. The Bertz CT molecular complexity index is 577. The first-order chi connectivity index (χ1) is 8.54. The van der Waals surface area contributed by atoms with Crippen LogP contribution in [-0.4, -0.2) is 23.2 Å². The van der Waals surface area contributed by atoms with Crippen molar-refractivity contribution in [2.24, 2.45) is 0 Å². The van der Waals surface area contributed by atoms with Crippen LogP contribution < -0.4 is 0 Å². The number of benzene rings is 1. The second-order valence-electron chi connectivity index (χ2n) is 4.33. The molecule has 0 radical (unpaired) electrons. The lowest BCUT2D eigenvalue weighted by Crippen LogP contribution is -2.13. The summed E-state index contributed by atoms with van der Waals surface area (Å²) in [4.78, 5) is 15.9. The molecule has 96 valence electrons. The number of aliphatic hydroxyl groups is 1. The van der Waals surface area contributed by atoms with E-state index < -0.39 is 12.1 Å². The van der Waals surface area contributed by atoms with Gasteiger partial charge < -0.3 is 9.84 Å². The average molecular weight is 265 g/mol. The Kier molecular flexibility index (Phi) is 3.63. The van der Waals surface area contributed by atoms with Gasteiger partial charge in [-0.1, -0.05) is 26.0 Å². The molecular formula is C13H15NO3S. The zero-order valence-electron chi connectivity index (χ0n) is 10.5. The van der Waals surface area contributed by atoms with Gasteiger partial charge in [-0.2, -0.15) is 0 Å². The van der Waals surface area contributed by atoms with Crippen LogP contribution in [0.25, 0.3) is 10.2 Å². The molecule has 0 spiro atoms. The van der Waals surface area contributed by atoms with Crippen molar-refractivity contribution < 1.29 is 14.6 Å². The molecule has 2 aromatic rings. The third-order valence-corrected chi connectivity index (χ3v) is 4.00. The van der Waals surface area contributed by atoms with E-state index in [4.69, 9.17) is 0 Å². The average Bonchev–Trinajstić information content (AvgIpc) is 2.80. The molecule has 0 amide bonds. The van der Waals surface area contributed by atoms with E-state index in [2.05, 4.69) is 23.6 Å². The van der Waals surface area contributed by atoms with Crippen LogP contribution in [0.1, 0.15) is 36.4 Å². The second kappa shape index (κ2) is 5.04. The van der Waals surface area contributed by atoms with Crippen molar-refractivity contribution in [3.63, 3.8) is 0 Å². The standard InChI is InChI=1S/C13H15NO3S/c1-7(2)12-14-10-8(11(15)13(16)17-3)5-4-6-9(10)18-12/h4-7,11,15H,1-3H3. The van der Waals surface area contributed by atoms with Crippen LogP contribution in [0.5, 0.6) is 0 Å². The van der Waals surface area contributed by atoms with Gasteiger partial charge in [-0.25, -0.2) is 9.78 Å². The number of carbonyl (C=O) groups is 1. The van der Waals surface area contributed by atoms with E-state index in [1.54, 1.807) is 17.4 Å². The van der Waals surface area contributed by atoms with Crippen LogP contribution in [0, 0.1) is 0 Å². The van der Waals surface area contributed by atoms with Gasteiger partial charge in [-0.3, -0.25) is 0 Å². The minimum atomic E-state index is -1.28. The fourth-order valence-electron chi connectivity index (χ4n) is 1.69. The van der Waals surface area contributed by atoms with Gasteiger partial charge in [0.25, 0.3) is 0 Å². The smallest absolute Gasteiger partial charge is 0.339 e. The highest BCUT2D eigenvalue weighted by molar-refractivity contribution is 7.18. The summed E-state index contributed by atoms with van der Waals surface area (Å²) in [6, 6.07) is 5.45. The Morgan fingerprint density at radius 1 is 1.44 bits per heavy atom. The highest BCUT2D eigenvalue weighted by Crippen LogP contribution is 2.31. The van der Waals surface area contributed by atoms with Crippen LogP contribution >= 0.6 is 11.3 Å². The molecule has 1 heterocycles. The van der Waals surface area contributed by atoms with E-state index in [-0.39, 0.29) is 0 Å². The molecular weight excluding hydrogens is 250 g/mol. The second-order valence-corrected chi connectivity index (χ2v) is 5.39. The lowest BCUT2D eigenvalue weighted by molar-refractivity contribution is -0.150. The number of aromatic nitrogens is 1. The summed E-state index contributed by atoms with van der Waals surface area (Å²) in [6.07, 6.45) is -1.28. The van der Waals surface area contributed by atoms with Crippen molar-refractivity contribution in [2.75, 3.05) is 7.11 Å². The van der Waals surface area contributed by atoms with Crippen LogP contribution in [0.4, 0.5) is 0 Å². The molecule has 0 aliphatic rings. The Morgan fingerprint density at radius 2 is 2.17 bits per heavy atom. The maximum absolute atomic E-state index is 11.4. The summed E-state index contributed by atoms with van der Waals surface area (Å²) in [5.41, 5.74) is 1.19. The van der Waals surface area contributed by atoms with Crippen molar-refractivity contribution in [1.29, 1.82) is 0 Å². The molecule has 4 nitrogen and oxygen atoms in total. The number of thiazole rings is 1. The molecule has 1 aromatic heterocycles. The van der Waals surface area contributed by atoms with Crippen molar-refractivity contribution >= 4 is 27.5 Å². The highest BCUT2D eigenvalue weighted by Gasteiger charge is 2.22. The Balaban J connectivity index is 2.54. The molecule has 1 unspecified atom stereocenters. The zero-order valence-corrected chi connectivity index (χ0v) is 11.3. The van der Waals surface area contributed by atoms with Gasteiger partial charge in [0.15, 0.2) is 6.10 Å². The summed E-state index contributed by atoms with van der Waals surface area (Å²) in [5, 5.41) is 10.9. The van der Waals surface area contributed by atoms with Crippen molar-refractivity contribution in [1.82, 2.24) is 4.98 Å². The summed E-state index contributed by atoms with van der Waals surface area (Å²) in [5.74, 6) is -0.341. The van der Waals surface area contributed by atoms with Crippen LogP contribution in [0.2, 0.25) is 0 Å². The molecule has 1 N–H and O–H groups in total. The lowest BCUT2D eigenvalue weighted by atomic mass is 10.1. The number of esters is 1. The van der Waals surface area contributed by atoms with Gasteiger partial charge in [-0.15, -0.1) is 11.3 Å². The minimum absolute atomic E-state index is 0.325. The molecule has 2 rings (SSSR count). The first-order valence-corrected chi connectivity index (χ1v) is 6.51. The number of fused-ring (bicyclic) bond motifs is 1. The maximum atomic E-state index is 11.4. The Morgan fingerprint density at radius 3 is 2.78 bits per heavy atom. The predicted molar refractivity (Wildman–Crippen MR) is 70.7 cm³/mol. The first kappa shape index (κ1) is 13.0. The third kappa shape index (κ3) is 2.23. The molecule has 0 aliphatic heterocycles. The maximum Gasteiger partial charge on any atom is 0.339 e. The molecule has 1 atom stereocenters. The van der Waals surface area contributed by atoms with Crippen molar-refractivity contribution in [2.45, 2.75) is 25.9 Å². The van der Waals surface area contributed by atoms with Gasteiger partial charge >= 0.3 is 5.97 Å².